The Labute approximate surface area is 161 Å². The van der Waals surface area contributed by atoms with Crippen molar-refractivity contribution in [2.75, 3.05) is 18.9 Å². The minimum absolute atomic E-state index is 0.153. The van der Waals surface area contributed by atoms with Gasteiger partial charge in [-0.05, 0) is 43.7 Å². The van der Waals surface area contributed by atoms with E-state index in [0.717, 1.165) is 5.56 Å². The first-order valence-corrected chi connectivity index (χ1v) is 8.81. The number of ether oxygens (including phenoxy) is 4. The number of amides is 2. The second-order valence-corrected chi connectivity index (χ2v) is 7.02. The van der Waals surface area contributed by atoms with Gasteiger partial charge in [0.05, 0.1) is 0 Å². The minimum Gasteiger partial charge on any atom is -0.454 e. The molecule has 0 atom stereocenters. The summed E-state index contributed by atoms with van der Waals surface area (Å²) < 4.78 is 21.2. The van der Waals surface area contributed by atoms with Crippen LogP contribution in [0.4, 0.5) is 5.69 Å². The zero-order chi connectivity index (χ0) is 19.7. The predicted molar refractivity (Wildman–Crippen MR) is 99.4 cm³/mol. The molecule has 0 saturated heterocycles. The molecule has 146 valence electrons. The molecule has 8 nitrogen and oxygen atoms in total. The highest BCUT2D eigenvalue weighted by Crippen LogP contribution is 2.35. The molecule has 2 aliphatic rings. The number of rotatable bonds is 5. The molecule has 0 saturated carbocycles. The fourth-order valence-electron chi connectivity index (χ4n) is 2.82. The second kappa shape index (κ2) is 6.95. The summed E-state index contributed by atoms with van der Waals surface area (Å²) in [7, 11) is 0. The summed E-state index contributed by atoms with van der Waals surface area (Å²) in [6.45, 7) is 3.77. The maximum Gasteiger partial charge on any atom is 0.239 e. The summed E-state index contributed by atoms with van der Waals surface area (Å²) in [5.74, 6) is 1.70. The van der Waals surface area contributed by atoms with Crippen LogP contribution in [0.25, 0.3) is 0 Å². The van der Waals surface area contributed by atoms with E-state index in [2.05, 4.69) is 10.6 Å². The van der Waals surface area contributed by atoms with Gasteiger partial charge in [0.2, 0.25) is 25.4 Å². The number of fused-ring (bicyclic) bond motifs is 2. The second-order valence-electron chi connectivity index (χ2n) is 7.02. The summed E-state index contributed by atoms with van der Waals surface area (Å²) in [5.41, 5.74) is 0.114. The molecule has 4 rings (SSSR count). The molecule has 2 aromatic carbocycles. The van der Waals surface area contributed by atoms with Gasteiger partial charge in [0.15, 0.2) is 23.0 Å². The summed E-state index contributed by atoms with van der Waals surface area (Å²) in [4.78, 5) is 25.3. The van der Waals surface area contributed by atoms with Crippen LogP contribution in [0.5, 0.6) is 23.0 Å². The average molecular weight is 384 g/mol. The third-order valence-electron chi connectivity index (χ3n) is 4.66. The molecule has 0 spiro atoms. The van der Waals surface area contributed by atoms with E-state index >= 15 is 0 Å². The van der Waals surface area contributed by atoms with Crippen LogP contribution >= 0.6 is 0 Å². The summed E-state index contributed by atoms with van der Waals surface area (Å²) in [5, 5.41) is 5.55. The van der Waals surface area contributed by atoms with Gasteiger partial charge in [-0.25, -0.2) is 0 Å². The predicted octanol–water partition coefficient (Wildman–Crippen LogP) is 2.43. The SMILES string of the molecule is CC(C)(C(=O)NCc1ccc2c(c1)OCO2)C(=O)Nc1ccc2c(c1)OCO2. The Balaban J connectivity index is 1.37. The molecule has 2 heterocycles. The smallest absolute Gasteiger partial charge is 0.239 e. The van der Waals surface area contributed by atoms with E-state index in [9.17, 15) is 9.59 Å². The van der Waals surface area contributed by atoms with Crippen molar-refractivity contribution in [1.29, 1.82) is 0 Å². The van der Waals surface area contributed by atoms with Crippen LogP contribution in [0.15, 0.2) is 36.4 Å². The lowest BCUT2D eigenvalue weighted by Crippen LogP contribution is -2.44. The Morgan fingerprint density at radius 3 is 2.18 bits per heavy atom. The molecule has 0 unspecified atom stereocenters. The van der Waals surface area contributed by atoms with Crippen LogP contribution in [0, 0.1) is 5.41 Å². The molecule has 0 fully saturated rings. The quantitative estimate of drug-likeness (QED) is 0.769. The van der Waals surface area contributed by atoms with E-state index in [-0.39, 0.29) is 26.0 Å². The number of carbonyl (C=O) groups excluding carboxylic acids is 2. The van der Waals surface area contributed by atoms with Crippen molar-refractivity contribution < 1.29 is 28.5 Å². The third-order valence-corrected chi connectivity index (χ3v) is 4.66. The number of nitrogens with one attached hydrogen (secondary N) is 2. The molecule has 2 aromatic rings. The Morgan fingerprint density at radius 1 is 0.857 bits per heavy atom. The zero-order valence-corrected chi connectivity index (χ0v) is 15.5. The highest BCUT2D eigenvalue weighted by atomic mass is 16.7. The van der Waals surface area contributed by atoms with Crippen molar-refractivity contribution in [3.63, 3.8) is 0 Å². The third kappa shape index (κ3) is 3.40. The van der Waals surface area contributed by atoms with Gasteiger partial charge in [-0.3, -0.25) is 9.59 Å². The van der Waals surface area contributed by atoms with Gasteiger partial charge in [0, 0.05) is 18.3 Å². The Kier molecular flexibility index (Phi) is 4.46. The van der Waals surface area contributed by atoms with Gasteiger partial charge < -0.3 is 29.6 Å². The van der Waals surface area contributed by atoms with Crippen LogP contribution < -0.4 is 29.6 Å². The Bertz CT molecular complexity index is 940. The largest absolute Gasteiger partial charge is 0.454 e. The van der Waals surface area contributed by atoms with Gasteiger partial charge in [-0.2, -0.15) is 0 Å². The molecule has 2 amide bonds. The van der Waals surface area contributed by atoms with Crippen LogP contribution in [0.2, 0.25) is 0 Å². The van der Waals surface area contributed by atoms with E-state index in [0.29, 0.717) is 28.7 Å². The lowest BCUT2D eigenvalue weighted by molar-refractivity contribution is -0.138. The van der Waals surface area contributed by atoms with Gasteiger partial charge in [-0.15, -0.1) is 0 Å². The first-order chi connectivity index (χ1) is 13.4. The minimum atomic E-state index is -1.27. The van der Waals surface area contributed by atoms with Gasteiger partial charge in [0.25, 0.3) is 0 Å². The van der Waals surface area contributed by atoms with Crippen LogP contribution in [0.3, 0.4) is 0 Å². The maximum absolute atomic E-state index is 12.7. The lowest BCUT2D eigenvalue weighted by atomic mass is 9.90. The van der Waals surface area contributed by atoms with E-state index in [4.69, 9.17) is 18.9 Å². The lowest BCUT2D eigenvalue weighted by Gasteiger charge is -2.23. The van der Waals surface area contributed by atoms with Crippen molar-refractivity contribution in [1.82, 2.24) is 5.32 Å². The molecule has 0 bridgehead atoms. The topological polar surface area (TPSA) is 95.1 Å². The van der Waals surface area contributed by atoms with E-state index < -0.39 is 11.3 Å². The molecule has 8 heteroatoms. The molecule has 0 radical (unpaired) electrons. The highest BCUT2D eigenvalue weighted by molar-refractivity contribution is 6.09. The Morgan fingerprint density at radius 2 is 1.46 bits per heavy atom. The molecular weight excluding hydrogens is 364 g/mol. The van der Waals surface area contributed by atoms with Gasteiger partial charge >= 0.3 is 0 Å². The first-order valence-electron chi connectivity index (χ1n) is 8.81. The fraction of sp³-hybridized carbons (Fsp3) is 0.300. The summed E-state index contributed by atoms with van der Waals surface area (Å²) in [6.07, 6.45) is 0. The van der Waals surface area contributed by atoms with Crippen molar-refractivity contribution >= 4 is 17.5 Å². The Hall–Kier alpha value is -3.42. The van der Waals surface area contributed by atoms with Crippen molar-refractivity contribution in [2.24, 2.45) is 5.41 Å². The fourth-order valence-corrected chi connectivity index (χ4v) is 2.82. The normalized spacial score (nSPS) is 13.9. The number of hydrogen-bond acceptors (Lipinski definition) is 6. The number of hydrogen-bond donors (Lipinski definition) is 2. The molecule has 0 aromatic heterocycles. The van der Waals surface area contributed by atoms with Crippen molar-refractivity contribution in [2.45, 2.75) is 20.4 Å². The molecule has 2 aliphatic heterocycles. The molecular formula is C20H20N2O6. The number of anilines is 1. The van der Waals surface area contributed by atoms with Crippen molar-refractivity contribution in [3.8, 4) is 23.0 Å². The molecule has 28 heavy (non-hydrogen) atoms. The molecule has 2 N–H and O–H groups in total. The highest BCUT2D eigenvalue weighted by Gasteiger charge is 2.36. The van der Waals surface area contributed by atoms with E-state index in [1.807, 2.05) is 12.1 Å². The molecule has 0 aliphatic carbocycles. The van der Waals surface area contributed by atoms with Crippen LogP contribution in [0.1, 0.15) is 19.4 Å². The van der Waals surface area contributed by atoms with Crippen molar-refractivity contribution in [3.05, 3.63) is 42.0 Å². The average Bonchev–Trinajstić information content (AvgIpc) is 3.33. The monoisotopic (exact) mass is 384 g/mol. The van der Waals surface area contributed by atoms with Gasteiger partial charge in [0.1, 0.15) is 5.41 Å². The summed E-state index contributed by atoms with van der Waals surface area (Å²) in [6, 6.07) is 10.5. The number of benzene rings is 2. The van der Waals surface area contributed by atoms with Crippen LogP contribution in [-0.4, -0.2) is 25.4 Å². The first kappa shape index (κ1) is 18.0. The van der Waals surface area contributed by atoms with E-state index in [1.54, 1.807) is 38.1 Å². The van der Waals surface area contributed by atoms with Crippen LogP contribution in [-0.2, 0) is 16.1 Å². The number of carbonyl (C=O) groups is 2. The standard InChI is InChI=1S/C20H20N2O6/c1-20(2,19(24)22-13-4-6-15-17(8-13)28-11-26-15)18(23)21-9-12-3-5-14-16(7-12)27-10-25-14/h3-8H,9-11H2,1-2H3,(H,21,23)(H,22,24). The zero-order valence-electron chi connectivity index (χ0n) is 15.5. The maximum atomic E-state index is 12.7. The van der Waals surface area contributed by atoms with Gasteiger partial charge in [-0.1, -0.05) is 6.07 Å². The van der Waals surface area contributed by atoms with E-state index in [1.165, 1.54) is 0 Å². The summed E-state index contributed by atoms with van der Waals surface area (Å²) >= 11 is 0.